The van der Waals surface area contributed by atoms with Crippen LogP contribution in [0.15, 0.2) is 12.1 Å². The van der Waals surface area contributed by atoms with Gasteiger partial charge in [0.05, 0.1) is 12.0 Å². The summed E-state index contributed by atoms with van der Waals surface area (Å²) < 4.78 is 5.16. The minimum absolute atomic E-state index is 0.152. The SMILES string of the molecule is COc1cc([C@@H](C2CCC2)N2CCNCC2)cc([N+](=O)[O-])c1O. The molecule has 1 aromatic carbocycles. The zero-order valence-corrected chi connectivity index (χ0v) is 13.3. The van der Waals surface area contributed by atoms with E-state index in [0.717, 1.165) is 44.6 Å². The third-order valence-electron chi connectivity index (χ3n) is 4.98. The van der Waals surface area contributed by atoms with Crippen LogP contribution < -0.4 is 10.1 Å². The van der Waals surface area contributed by atoms with Crippen LogP contribution in [0.4, 0.5) is 5.69 Å². The Bertz CT molecular complexity index is 583. The number of hydrogen-bond acceptors (Lipinski definition) is 6. The second-order valence-corrected chi connectivity index (χ2v) is 6.27. The summed E-state index contributed by atoms with van der Waals surface area (Å²) in [4.78, 5) is 13.1. The Balaban J connectivity index is 2.00. The summed E-state index contributed by atoms with van der Waals surface area (Å²) in [5, 5.41) is 24.6. The lowest BCUT2D eigenvalue weighted by molar-refractivity contribution is -0.386. The number of rotatable bonds is 5. The molecule has 0 radical (unpaired) electrons. The van der Waals surface area contributed by atoms with Crippen molar-refractivity contribution in [3.05, 3.63) is 27.8 Å². The first-order chi connectivity index (χ1) is 11.1. The van der Waals surface area contributed by atoms with Gasteiger partial charge in [-0.25, -0.2) is 0 Å². The van der Waals surface area contributed by atoms with Gasteiger partial charge in [-0.1, -0.05) is 6.42 Å². The molecule has 1 saturated heterocycles. The second kappa shape index (κ2) is 6.72. The summed E-state index contributed by atoms with van der Waals surface area (Å²) in [6.45, 7) is 3.72. The average Bonchev–Trinajstić information content (AvgIpc) is 2.51. The van der Waals surface area contributed by atoms with E-state index in [1.165, 1.54) is 19.6 Å². The standard InChI is InChI=1S/C16H23N3O4/c1-23-14-10-12(9-13(16(14)20)19(21)22)15(11-3-2-4-11)18-7-5-17-6-8-18/h9-11,15,17,20H,2-8H2,1H3/t15-/m1/s1. The molecule has 0 spiro atoms. The first-order valence-corrected chi connectivity index (χ1v) is 8.12. The topological polar surface area (TPSA) is 87.9 Å². The van der Waals surface area contributed by atoms with E-state index in [1.807, 2.05) is 0 Å². The minimum Gasteiger partial charge on any atom is -0.500 e. The van der Waals surface area contributed by atoms with E-state index in [4.69, 9.17) is 4.74 Å². The Kier molecular flexibility index (Phi) is 4.68. The number of nitrogens with one attached hydrogen (secondary N) is 1. The fourth-order valence-corrected chi connectivity index (χ4v) is 3.58. The highest BCUT2D eigenvalue weighted by Crippen LogP contribution is 2.46. The van der Waals surface area contributed by atoms with Gasteiger partial charge in [-0.05, 0) is 30.4 Å². The lowest BCUT2D eigenvalue weighted by Gasteiger charge is -2.43. The van der Waals surface area contributed by atoms with E-state index in [-0.39, 0.29) is 17.5 Å². The predicted molar refractivity (Wildman–Crippen MR) is 85.8 cm³/mol. The van der Waals surface area contributed by atoms with Gasteiger partial charge in [0, 0.05) is 38.3 Å². The summed E-state index contributed by atoms with van der Waals surface area (Å²) in [6.07, 6.45) is 3.50. The maximum atomic E-state index is 11.3. The summed E-state index contributed by atoms with van der Waals surface area (Å²) in [6, 6.07) is 3.43. The third-order valence-corrected chi connectivity index (χ3v) is 4.98. The zero-order chi connectivity index (χ0) is 16.4. The van der Waals surface area contributed by atoms with E-state index in [9.17, 15) is 15.2 Å². The molecule has 7 heteroatoms. The molecule has 1 aromatic rings. The van der Waals surface area contributed by atoms with Gasteiger partial charge in [0.2, 0.25) is 5.75 Å². The molecule has 1 saturated carbocycles. The van der Waals surface area contributed by atoms with Gasteiger partial charge in [0.1, 0.15) is 0 Å². The Morgan fingerprint density at radius 3 is 2.61 bits per heavy atom. The van der Waals surface area contributed by atoms with Crippen molar-refractivity contribution in [2.24, 2.45) is 5.92 Å². The molecule has 0 amide bonds. The van der Waals surface area contributed by atoms with Crippen LogP contribution in [0.1, 0.15) is 30.9 Å². The van der Waals surface area contributed by atoms with E-state index >= 15 is 0 Å². The van der Waals surface area contributed by atoms with Crippen molar-refractivity contribution in [3.8, 4) is 11.5 Å². The number of aromatic hydroxyl groups is 1. The van der Waals surface area contributed by atoms with Crippen molar-refractivity contribution < 1.29 is 14.8 Å². The molecule has 2 N–H and O–H groups in total. The van der Waals surface area contributed by atoms with Crippen molar-refractivity contribution in [1.29, 1.82) is 0 Å². The summed E-state index contributed by atoms with van der Waals surface area (Å²) in [5.74, 6) is 0.296. The van der Waals surface area contributed by atoms with Crippen LogP contribution in [0.25, 0.3) is 0 Å². The van der Waals surface area contributed by atoms with E-state index in [1.54, 1.807) is 6.07 Å². The van der Waals surface area contributed by atoms with Crippen molar-refractivity contribution in [1.82, 2.24) is 10.2 Å². The summed E-state index contributed by atoms with van der Waals surface area (Å²) in [5.41, 5.74) is 0.594. The first kappa shape index (κ1) is 16.0. The number of nitro groups is 1. The number of nitro benzene ring substituents is 1. The molecule has 0 aromatic heterocycles. The van der Waals surface area contributed by atoms with E-state index in [2.05, 4.69) is 10.2 Å². The van der Waals surface area contributed by atoms with Gasteiger partial charge >= 0.3 is 5.69 Å². The predicted octanol–water partition coefficient (Wildman–Crippen LogP) is 2.06. The number of nitrogens with zero attached hydrogens (tertiary/aromatic N) is 2. The first-order valence-electron chi connectivity index (χ1n) is 8.12. The zero-order valence-electron chi connectivity index (χ0n) is 13.3. The van der Waals surface area contributed by atoms with Gasteiger partial charge < -0.3 is 15.2 Å². The highest BCUT2D eigenvalue weighted by molar-refractivity contribution is 5.57. The van der Waals surface area contributed by atoms with Gasteiger partial charge in [-0.2, -0.15) is 0 Å². The fourth-order valence-electron chi connectivity index (χ4n) is 3.58. The van der Waals surface area contributed by atoms with Crippen LogP contribution >= 0.6 is 0 Å². The van der Waals surface area contributed by atoms with Crippen LogP contribution in [0.2, 0.25) is 0 Å². The monoisotopic (exact) mass is 321 g/mol. The van der Waals surface area contributed by atoms with Gasteiger partial charge in [-0.15, -0.1) is 0 Å². The van der Waals surface area contributed by atoms with Gasteiger partial charge in [0.25, 0.3) is 0 Å². The lowest BCUT2D eigenvalue weighted by atomic mass is 9.76. The van der Waals surface area contributed by atoms with Crippen LogP contribution in [0.3, 0.4) is 0 Å². The largest absolute Gasteiger partial charge is 0.500 e. The minimum atomic E-state index is -0.545. The molecule has 3 rings (SSSR count). The fraction of sp³-hybridized carbons (Fsp3) is 0.625. The second-order valence-electron chi connectivity index (χ2n) is 6.27. The lowest BCUT2D eigenvalue weighted by Crippen LogP contribution is -2.47. The Labute approximate surface area is 135 Å². The average molecular weight is 321 g/mol. The van der Waals surface area contributed by atoms with Crippen LogP contribution in [0.5, 0.6) is 11.5 Å². The maximum Gasteiger partial charge on any atom is 0.314 e. The van der Waals surface area contributed by atoms with E-state index in [0.29, 0.717) is 5.92 Å². The number of phenols is 1. The molecule has 1 aliphatic heterocycles. The van der Waals surface area contributed by atoms with Crippen molar-refractivity contribution in [3.63, 3.8) is 0 Å². The molecule has 1 aliphatic carbocycles. The molecule has 1 atom stereocenters. The number of piperazine rings is 1. The van der Waals surface area contributed by atoms with Gasteiger partial charge in [-0.3, -0.25) is 15.0 Å². The normalized spacial score (nSPS) is 20.7. The maximum absolute atomic E-state index is 11.3. The summed E-state index contributed by atoms with van der Waals surface area (Å²) >= 11 is 0. The molecule has 126 valence electrons. The molecule has 0 bridgehead atoms. The number of methoxy groups -OCH3 is 1. The molecular weight excluding hydrogens is 298 g/mol. The smallest absolute Gasteiger partial charge is 0.314 e. The Hall–Kier alpha value is -1.86. The highest BCUT2D eigenvalue weighted by atomic mass is 16.6. The highest BCUT2D eigenvalue weighted by Gasteiger charge is 2.35. The van der Waals surface area contributed by atoms with Crippen LogP contribution in [-0.2, 0) is 0 Å². The Morgan fingerprint density at radius 2 is 2.09 bits per heavy atom. The molecular formula is C16H23N3O4. The summed E-state index contributed by atoms with van der Waals surface area (Å²) in [7, 11) is 1.42. The number of hydrogen-bond donors (Lipinski definition) is 2. The molecule has 7 nitrogen and oxygen atoms in total. The number of phenolic OH excluding ortho intramolecular Hbond substituents is 1. The molecule has 0 unspecified atom stereocenters. The van der Waals surface area contributed by atoms with Gasteiger partial charge in [0.15, 0.2) is 5.75 Å². The number of benzene rings is 1. The van der Waals surface area contributed by atoms with Crippen molar-refractivity contribution in [2.75, 3.05) is 33.3 Å². The third kappa shape index (κ3) is 3.11. The molecule has 1 heterocycles. The molecule has 2 fully saturated rings. The van der Waals surface area contributed by atoms with Crippen molar-refractivity contribution in [2.45, 2.75) is 25.3 Å². The van der Waals surface area contributed by atoms with Crippen LogP contribution in [0, 0.1) is 16.0 Å². The van der Waals surface area contributed by atoms with E-state index < -0.39 is 10.7 Å². The molecule has 2 aliphatic rings. The molecule has 23 heavy (non-hydrogen) atoms. The number of ether oxygens (including phenoxy) is 1. The quantitative estimate of drug-likeness (QED) is 0.637. The van der Waals surface area contributed by atoms with Crippen molar-refractivity contribution >= 4 is 5.69 Å². The Morgan fingerprint density at radius 1 is 1.39 bits per heavy atom. The van der Waals surface area contributed by atoms with Crippen LogP contribution in [-0.4, -0.2) is 48.2 Å².